The second-order valence-electron chi connectivity index (χ2n) is 8.14. The Labute approximate surface area is 194 Å². The van der Waals surface area contributed by atoms with Gasteiger partial charge in [0.25, 0.3) is 0 Å². The van der Waals surface area contributed by atoms with Gasteiger partial charge in [0.2, 0.25) is 0 Å². The third-order valence-corrected chi connectivity index (χ3v) is 6.69. The highest BCUT2D eigenvalue weighted by molar-refractivity contribution is 7.10. The Bertz CT molecular complexity index is 940. The molecule has 0 aromatic carbocycles. The molecule has 2 aromatic heterocycles. The van der Waals surface area contributed by atoms with Gasteiger partial charge < -0.3 is 15.3 Å². The zero-order valence-corrected chi connectivity index (χ0v) is 19.2. The van der Waals surface area contributed by atoms with Crippen LogP contribution in [0.25, 0.3) is 0 Å². The van der Waals surface area contributed by atoms with Gasteiger partial charge in [-0.25, -0.2) is 9.59 Å². The Morgan fingerprint density at radius 2 is 1.97 bits per heavy atom. The van der Waals surface area contributed by atoms with E-state index in [9.17, 15) is 18.0 Å². The minimum atomic E-state index is -5.08. The molecule has 1 unspecified atom stereocenters. The molecule has 33 heavy (non-hydrogen) atoms. The number of rotatable bonds is 5. The molecule has 182 valence electrons. The minimum Gasteiger partial charge on any atom is -0.475 e. The monoisotopic (exact) mass is 487 g/mol. The molecule has 12 heteroatoms. The summed E-state index contributed by atoms with van der Waals surface area (Å²) in [6.07, 6.45) is -0.0210. The standard InChI is InChI=1S/C19H27N5OS.C2HF3O2/c1-15-6-11-26-18(15)14-22-12-16(24-17(13-22)5-8-21-24)4-7-20-19(25)23-9-2-3-10-23;3-2(4,5)1(6)7/h5-6,8,11,16H,2-4,7,9-10,12-14H2,1H3,(H,20,25);(H,6,7). The number of aliphatic carboxylic acids is 1. The number of carboxylic acids is 1. The number of nitrogens with one attached hydrogen (secondary N) is 1. The predicted octanol–water partition coefficient (Wildman–Crippen LogP) is 3.64. The largest absolute Gasteiger partial charge is 0.490 e. The summed E-state index contributed by atoms with van der Waals surface area (Å²) in [7, 11) is 0. The molecule has 0 bridgehead atoms. The van der Waals surface area contributed by atoms with Crippen LogP contribution in [0.1, 0.15) is 41.4 Å². The Kier molecular flexibility index (Phi) is 8.35. The zero-order valence-electron chi connectivity index (χ0n) is 18.3. The van der Waals surface area contributed by atoms with E-state index in [1.807, 2.05) is 22.4 Å². The summed E-state index contributed by atoms with van der Waals surface area (Å²) in [5.41, 5.74) is 2.64. The summed E-state index contributed by atoms with van der Waals surface area (Å²) in [6, 6.07) is 4.71. The number of urea groups is 1. The van der Waals surface area contributed by atoms with E-state index in [0.29, 0.717) is 12.6 Å². The topological polar surface area (TPSA) is 90.7 Å². The van der Waals surface area contributed by atoms with E-state index in [4.69, 9.17) is 9.90 Å². The van der Waals surface area contributed by atoms with Crippen LogP contribution in [0.5, 0.6) is 0 Å². The van der Waals surface area contributed by atoms with Gasteiger partial charge in [-0.05, 0) is 49.3 Å². The molecule has 0 spiro atoms. The van der Waals surface area contributed by atoms with Crippen LogP contribution in [0.15, 0.2) is 23.7 Å². The van der Waals surface area contributed by atoms with Gasteiger partial charge in [0.1, 0.15) is 0 Å². The first-order chi connectivity index (χ1) is 15.6. The second kappa shape index (κ2) is 11.0. The molecule has 1 fully saturated rings. The van der Waals surface area contributed by atoms with Gasteiger partial charge in [-0.3, -0.25) is 9.58 Å². The van der Waals surface area contributed by atoms with E-state index in [1.165, 1.54) is 16.1 Å². The number of alkyl halides is 3. The number of amides is 2. The van der Waals surface area contributed by atoms with Crippen LogP contribution < -0.4 is 5.32 Å². The van der Waals surface area contributed by atoms with Crippen molar-refractivity contribution in [1.82, 2.24) is 24.9 Å². The Balaban J connectivity index is 0.000000383. The van der Waals surface area contributed by atoms with Crippen molar-refractivity contribution in [1.29, 1.82) is 0 Å². The van der Waals surface area contributed by atoms with Crippen LogP contribution in [0.2, 0.25) is 0 Å². The Hall–Kier alpha value is -2.60. The quantitative estimate of drug-likeness (QED) is 0.672. The Morgan fingerprint density at radius 1 is 1.27 bits per heavy atom. The van der Waals surface area contributed by atoms with E-state index in [1.54, 1.807) is 0 Å². The molecule has 1 atom stereocenters. The minimum absolute atomic E-state index is 0.0880. The van der Waals surface area contributed by atoms with E-state index in [-0.39, 0.29) is 6.03 Å². The number of aryl methyl sites for hydroxylation is 1. The van der Waals surface area contributed by atoms with Crippen molar-refractivity contribution in [3.8, 4) is 0 Å². The predicted molar refractivity (Wildman–Crippen MR) is 117 cm³/mol. The molecule has 1 saturated heterocycles. The number of thiophene rings is 1. The van der Waals surface area contributed by atoms with Crippen LogP contribution in [0.3, 0.4) is 0 Å². The maximum absolute atomic E-state index is 12.2. The third kappa shape index (κ3) is 6.94. The fourth-order valence-electron chi connectivity index (χ4n) is 3.95. The SMILES string of the molecule is Cc1ccsc1CN1Cc2ccnn2C(CCNC(=O)N2CCCC2)C1.O=C(O)C(F)(F)F. The van der Waals surface area contributed by atoms with Gasteiger partial charge in [-0.15, -0.1) is 11.3 Å². The summed E-state index contributed by atoms with van der Waals surface area (Å²) in [4.78, 5) is 26.9. The first kappa shape index (κ1) is 25.0. The van der Waals surface area contributed by atoms with Crippen molar-refractivity contribution < 1.29 is 27.9 Å². The van der Waals surface area contributed by atoms with E-state index in [2.05, 4.69) is 44.4 Å². The normalized spacial score (nSPS) is 18.4. The summed E-state index contributed by atoms with van der Waals surface area (Å²) < 4.78 is 33.9. The van der Waals surface area contributed by atoms with Crippen LogP contribution >= 0.6 is 11.3 Å². The number of carbonyl (C=O) groups excluding carboxylic acids is 1. The van der Waals surface area contributed by atoms with Crippen molar-refractivity contribution >= 4 is 23.3 Å². The number of hydrogen-bond donors (Lipinski definition) is 2. The molecule has 0 radical (unpaired) electrons. The van der Waals surface area contributed by atoms with Crippen molar-refractivity contribution in [2.45, 2.75) is 51.5 Å². The molecule has 0 saturated carbocycles. The van der Waals surface area contributed by atoms with Gasteiger partial charge in [-0.1, -0.05) is 0 Å². The second-order valence-corrected chi connectivity index (χ2v) is 9.14. The van der Waals surface area contributed by atoms with E-state index < -0.39 is 12.1 Å². The molecule has 2 aliphatic heterocycles. The van der Waals surface area contributed by atoms with Crippen LogP contribution in [-0.2, 0) is 17.9 Å². The first-order valence-corrected chi connectivity index (χ1v) is 11.6. The highest BCUT2D eigenvalue weighted by Gasteiger charge is 2.38. The van der Waals surface area contributed by atoms with Gasteiger partial charge in [0.05, 0.1) is 11.7 Å². The molecule has 4 heterocycles. The van der Waals surface area contributed by atoms with Crippen molar-refractivity contribution in [3.63, 3.8) is 0 Å². The number of halogens is 3. The zero-order chi connectivity index (χ0) is 24.0. The lowest BCUT2D eigenvalue weighted by molar-refractivity contribution is -0.192. The number of carbonyl (C=O) groups is 2. The molecule has 2 amide bonds. The van der Waals surface area contributed by atoms with E-state index >= 15 is 0 Å². The number of nitrogens with zero attached hydrogens (tertiary/aromatic N) is 4. The van der Waals surface area contributed by atoms with Gasteiger partial charge in [0, 0.05) is 50.3 Å². The van der Waals surface area contributed by atoms with Crippen LogP contribution in [0, 0.1) is 6.92 Å². The molecular formula is C21H28F3N5O3S. The molecular weight excluding hydrogens is 459 g/mol. The number of likely N-dealkylation sites (tertiary alicyclic amines) is 1. The summed E-state index contributed by atoms with van der Waals surface area (Å²) >= 11 is 1.84. The molecule has 2 N–H and O–H groups in total. The number of carboxylic acid groups (broad SMARTS) is 1. The van der Waals surface area contributed by atoms with Gasteiger partial charge in [0.15, 0.2) is 0 Å². The average Bonchev–Trinajstić information content (AvgIpc) is 3.50. The lowest BCUT2D eigenvalue weighted by atomic mass is 10.1. The van der Waals surface area contributed by atoms with E-state index in [0.717, 1.165) is 52.0 Å². The molecule has 0 aliphatic carbocycles. The number of fused-ring (bicyclic) bond motifs is 1. The van der Waals surface area contributed by atoms with Gasteiger partial charge in [-0.2, -0.15) is 18.3 Å². The van der Waals surface area contributed by atoms with Crippen molar-refractivity contribution in [2.75, 3.05) is 26.2 Å². The maximum atomic E-state index is 12.2. The van der Waals surface area contributed by atoms with Crippen LogP contribution in [-0.4, -0.2) is 69.0 Å². The number of hydrogen-bond acceptors (Lipinski definition) is 5. The lowest BCUT2D eigenvalue weighted by Crippen LogP contribution is -2.41. The fourth-order valence-corrected chi connectivity index (χ4v) is 4.89. The van der Waals surface area contributed by atoms with Crippen molar-refractivity contribution in [2.24, 2.45) is 0 Å². The maximum Gasteiger partial charge on any atom is 0.490 e. The molecule has 2 aromatic rings. The highest BCUT2D eigenvalue weighted by Crippen LogP contribution is 2.26. The number of aromatic nitrogens is 2. The van der Waals surface area contributed by atoms with Crippen molar-refractivity contribution in [3.05, 3.63) is 39.8 Å². The molecule has 4 rings (SSSR count). The smallest absolute Gasteiger partial charge is 0.475 e. The summed E-state index contributed by atoms with van der Waals surface area (Å²) in [6.45, 7) is 7.58. The highest BCUT2D eigenvalue weighted by atomic mass is 32.1. The first-order valence-electron chi connectivity index (χ1n) is 10.8. The van der Waals surface area contributed by atoms with Crippen LogP contribution in [0.4, 0.5) is 18.0 Å². The summed E-state index contributed by atoms with van der Waals surface area (Å²) in [5, 5.41) is 16.9. The lowest BCUT2D eigenvalue weighted by Gasteiger charge is -2.34. The molecule has 8 nitrogen and oxygen atoms in total. The van der Waals surface area contributed by atoms with Gasteiger partial charge >= 0.3 is 18.2 Å². The average molecular weight is 488 g/mol. The summed E-state index contributed by atoms with van der Waals surface area (Å²) in [5.74, 6) is -2.76. The fraction of sp³-hybridized carbons (Fsp3) is 0.571. The Morgan fingerprint density at radius 3 is 2.58 bits per heavy atom. The molecule has 2 aliphatic rings. The third-order valence-electron chi connectivity index (χ3n) is 5.68.